The number of fused-ring (bicyclic) bond motifs is 2. The molecule has 0 aliphatic carbocycles. The number of halogens is 1. The lowest BCUT2D eigenvalue weighted by Gasteiger charge is -2.37. The van der Waals surface area contributed by atoms with Gasteiger partial charge in [0, 0.05) is 18.5 Å². The Kier molecular flexibility index (Phi) is 4.49. The third kappa shape index (κ3) is 3.56. The summed E-state index contributed by atoms with van der Waals surface area (Å²) in [6, 6.07) is 12.5. The average molecular weight is 343 g/mol. The molecule has 2 bridgehead atoms. The first-order valence-electron chi connectivity index (χ1n) is 8.65. The summed E-state index contributed by atoms with van der Waals surface area (Å²) < 4.78 is 30.2. The molecule has 2 atom stereocenters. The highest BCUT2D eigenvalue weighted by Gasteiger charge is 2.30. The van der Waals surface area contributed by atoms with Gasteiger partial charge < -0.3 is 19.1 Å². The van der Waals surface area contributed by atoms with Gasteiger partial charge in [0.1, 0.15) is 11.6 Å². The van der Waals surface area contributed by atoms with Crippen LogP contribution in [0.4, 0.5) is 4.39 Å². The van der Waals surface area contributed by atoms with Crippen LogP contribution in [0.3, 0.4) is 0 Å². The molecule has 0 saturated carbocycles. The van der Waals surface area contributed by atoms with Gasteiger partial charge in [-0.1, -0.05) is 12.1 Å². The Bertz CT molecular complexity index is 734. The van der Waals surface area contributed by atoms with Crippen molar-refractivity contribution in [1.82, 2.24) is 4.90 Å². The summed E-state index contributed by atoms with van der Waals surface area (Å²) in [5.74, 6) is 2.80. The third-order valence-electron chi connectivity index (χ3n) is 5.04. The minimum atomic E-state index is -0.192. The van der Waals surface area contributed by atoms with E-state index in [0.717, 1.165) is 36.8 Å². The second-order valence-corrected chi connectivity index (χ2v) is 6.80. The molecule has 132 valence electrons. The van der Waals surface area contributed by atoms with Crippen molar-refractivity contribution in [3.05, 3.63) is 53.8 Å². The van der Waals surface area contributed by atoms with E-state index < -0.39 is 0 Å². The first kappa shape index (κ1) is 16.2. The van der Waals surface area contributed by atoms with Gasteiger partial charge in [-0.15, -0.1) is 0 Å². The van der Waals surface area contributed by atoms with Crippen LogP contribution in [-0.2, 0) is 0 Å². The number of ether oxygens (including phenoxy) is 3. The number of hydrogen-bond donors (Lipinski definition) is 0. The van der Waals surface area contributed by atoms with E-state index in [9.17, 15) is 4.39 Å². The second kappa shape index (κ2) is 6.92. The second-order valence-electron chi connectivity index (χ2n) is 6.80. The molecule has 25 heavy (non-hydrogen) atoms. The fourth-order valence-corrected chi connectivity index (χ4v) is 3.70. The molecule has 5 heteroatoms. The van der Waals surface area contributed by atoms with Crippen LogP contribution >= 0.6 is 0 Å². The van der Waals surface area contributed by atoms with Gasteiger partial charge in [-0.2, -0.15) is 0 Å². The molecule has 0 radical (unpaired) electrons. The smallest absolute Gasteiger partial charge is 0.231 e. The molecular weight excluding hydrogens is 321 g/mol. The Balaban J connectivity index is 1.49. The van der Waals surface area contributed by atoms with Crippen LogP contribution in [0.25, 0.3) is 0 Å². The standard InChI is InChI=1S/C20H22FNO3/c1-22-9-8-18(14-2-4-16(21)5-3-14)15(11-22)12-23-19-7-6-17-10-20(19)25-13-24-17/h2-7,10,15,18H,8-9,11-13H2,1H3. The lowest BCUT2D eigenvalue weighted by molar-refractivity contribution is 0.0926. The fourth-order valence-electron chi connectivity index (χ4n) is 3.70. The van der Waals surface area contributed by atoms with Gasteiger partial charge in [0.15, 0.2) is 11.5 Å². The number of rotatable bonds is 4. The Hall–Kier alpha value is -2.27. The van der Waals surface area contributed by atoms with Crippen LogP contribution in [-0.4, -0.2) is 38.4 Å². The van der Waals surface area contributed by atoms with Crippen molar-refractivity contribution in [1.29, 1.82) is 0 Å². The number of nitrogens with zero attached hydrogens (tertiary/aromatic N) is 1. The summed E-state index contributed by atoms with van der Waals surface area (Å²) in [6.07, 6.45) is 1.05. The van der Waals surface area contributed by atoms with E-state index in [2.05, 4.69) is 11.9 Å². The summed E-state index contributed by atoms with van der Waals surface area (Å²) in [5.41, 5.74) is 1.18. The van der Waals surface area contributed by atoms with E-state index in [1.165, 1.54) is 5.56 Å². The van der Waals surface area contributed by atoms with E-state index in [1.54, 1.807) is 12.1 Å². The zero-order chi connectivity index (χ0) is 17.2. The zero-order valence-electron chi connectivity index (χ0n) is 14.3. The molecule has 1 fully saturated rings. The summed E-state index contributed by atoms with van der Waals surface area (Å²) in [6.45, 7) is 2.82. The maximum absolute atomic E-state index is 13.2. The molecule has 4 nitrogen and oxygen atoms in total. The van der Waals surface area contributed by atoms with Crippen molar-refractivity contribution in [2.24, 2.45) is 5.92 Å². The predicted molar refractivity (Wildman–Crippen MR) is 92.8 cm³/mol. The van der Waals surface area contributed by atoms with Crippen molar-refractivity contribution in [2.45, 2.75) is 12.3 Å². The quantitative estimate of drug-likeness (QED) is 0.848. The first-order chi connectivity index (χ1) is 12.2. The normalized spacial score (nSPS) is 22.8. The van der Waals surface area contributed by atoms with Gasteiger partial charge in [0.2, 0.25) is 6.79 Å². The molecule has 0 amide bonds. The Labute approximate surface area is 147 Å². The largest absolute Gasteiger partial charge is 0.489 e. The lowest BCUT2D eigenvalue weighted by atomic mass is 9.81. The Morgan fingerprint density at radius 3 is 2.84 bits per heavy atom. The molecule has 2 unspecified atom stereocenters. The van der Waals surface area contributed by atoms with Crippen molar-refractivity contribution in [2.75, 3.05) is 33.5 Å². The highest BCUT2D eigenvalue weighted by Crippen LogP contribution is 2.37. The Morgan fingerprint density at radius 2 is 2.00 bits per heavy atom. The number of piperidine rings is 1. The van der Waals surface area contributed by atoms with Crippen molar-refractivity contribution >= 4 is 0 Å². The maximum Gasteiger partial charge on any atom is 0.231 e. The van der Waals surface area contributed by atoms with Crippen LogP contribution in [0.15, 0.2) is 42.5 Å². The number of benzene rings is 2. The monoisotopic (exact) mass is 343 g/mol. The molecule has 2 aromatic carbocycles. The van der Waals surface area contributed by atoms with E-state index in [0.29, 0.717) is 18.4 Å². The molecule has 2 aromatic rings. The van der Waals surface area contributed by atoms with Gasteiger partial charge >= 0.3 is 0 Å². The molecule has 2 aliphatic heterocycles. The lowest BCUT2D eigenvalue weighted by Crippen LogP contribution is -2.39. The minimum Gasteiger partial charge on any atom is -0.489 e. The molecular formula is C20H22FNO3. The molecule has 4 rings (SSSR count). The van der Waals surface area contributed by atoms with Crippen molar-refractivity contribution in [3.8, 4) is 17.2 Å². The van der Waals surface area contributed by atoms with Crippen molar-refractivity contribution < 1.29 is 18.6 Å². The van der Waals surface area contributed by atoms with Crippen LogP contribution in [0.5, 0.6) is 17.2 Å². The van der Waals surface area contributed by atoms with Gasteiger partial charge in [0.05, 0.1) is 6.61 Å². The first-order valence-corrected chi connectivity index (χ1v) is 8.65. The summed E-state index contributed by atoms with van der Waals surface area (Å²) in [4.78, 5) is 2.32. The van der Waals surface area contributed by atoms with Crippen molar-refractivity contribution in [3.63, 3.8) is 0 Å². The fraction of sp³-hybridized carbons (Fsp3) is 0.400. The van der Waals surface area contributed by atoms with Gasteiger partial charge in [-0.3, -0.25) is 0 Å². The van der Waals surface area contributed by atoms with E-state index >= 15 is 0 Å². The molecule has 1 saturated heterocycles. The molecule has 2 heterocycles. The van der Waals surface area contributed by atoms with Crippen LogP contribution < -0.4 is 14.2 Å². The van der Waals surface area contributed by atoms with E-state index in [-0.39, 0.29) is 12.6 Å². The summed E-state index contributed by atoms with van der Waals surface area (Å²) in [5, 5.41) is 0. The molecule has 0 N–H and O–H groups in total. The maximum atomic E-state index is 13.2. The average Bonchev–Trinajstić information content (AvgIpc) is 2.62. The topological polar surface area (TPSA) is 30.9 Å². The van der Waals surface area contributed by atoms with Gasteiger partial charge in [0.25, 0.3) is 0 Å². The highest BCUT2D eigenvalue weighted by molar-refractivity contribution is 5.46. The molecule has 0 spiro atoms. The number of hydrogen-bond acceptors (Lipinski definition) is 4. The zero-order valence-corrected chi connectivity index (χ0v) is 14.3. The molecule has 0 aromatic heterocycles. The Morgan fingerprint density at radius 1 is 1.16 bits per heavy atom. The van der Waals surface area contributed by atoms with Gasteiger partial charge in [-0.25, -0.2) is 4.39 Å². The summed E-state index contributed by atoms with van der Waals surface area (Å²) >= 11 is 0. The third-order valence-corrected chi connectivity index (χ3v) is 5.04. The SMILES string of the molecule is CN1CCC(c2ccc(F)cc2)C(COc2ccc3cc2OCO3)C1. The molecule has 2 aliphatic rings. The number of likely N-dealkylation sites (tertiary alicyclic amines) is 1. The van der Waals surface area contributed by atoms with Crippen LogP contribution in [0, 0.1) is 11.7 Å². The minimum absolute atomic E-state index is 0.192. The highest BCUT2D eigenvalue weighted by atomic mass is 19.1. The van der Waals surface area contributed by atoms with Gasteiger partial charge in [-0.05, 0) is 55.8 Å². The van der Waals surface area contributed by atoms with E-state index in [4.69, 9.17) is 14.2 Å². The van der Waals surface area contributed by atoms with Crippen LogP contribution in [0.1, 0.15) is 17.9 Å². The predicted octanol–water partition coefficient (Wildman–Crippen LogP) is 3.67. The van der Waals surface area contributed by atoms with Crippen LogP contribution in [0.2, 0.25) is 0 Å². The van der Waals surface area contributed by atoms with E-state index in [1.807, 2.05) is 30.3 Å². The summed E-state index contributed by atoms with van der Waals surface area (Å²) in [7, 11) is 2.13.